The van der Waals surface area contributed by atoms with Crippen LogP contribution in [0.15, 0.2) is 59.6 Å². The van der Waals surface area contributed by atoms with E-state index in [1.54, 1.807) is 29.3 Å². The molecule has 0 N–H and O–H groups in total. The highest BCUT2D eigenvalue weighted by Gasteiger charge is 2.29. The Kier molecular flexibility index (Phi) is 5.10. The molecule has 4 rings (SSSR count). The van der Waals surface area contributed by atoms with Gasteiger partial charge in [-0.2, -0.15) is 4.31 Å². The lowest BCUT2D eigenvalue weighted by atomic mass is 10.1. The number of pyridine rings is 1. The number of anilines is 1. The van der Waals surface area contributed by atoms with Gasteiger partial charge in [0.1, 0.15) is 0 Å². The Hall–Kier alpha value is -2.77. The van der Waals surface area contributed by atoms with Gasteiger partial charge in [-0.25, -0.2) is 8.42 Å². The number of carbonyl (C=O) groups is 1. The van der Waals surface area contributed by atoms with E-state index in [9.17, 15) is 13.2 Å². The van der Waals surface area contributed by atoms with E-state index in [1.807, 2.05) is 44.2 Å². The van der Waals surface area contributed by atoms with Crippen molar-refractivity contribution in [2.45, 2.75) is 25.2 Å². The predicted molar refractivity (Wildman–Crippen MR) is 114 cm³/mol. The van der Waals surface area contributed by atoms with Crippen LogP contribution in [0.3, 0.4) is 0 Å². The Bertz CT molecular complexity index is 1180. The molecule has 0 atom stereocenters. The molecule has 0 aliphatic carbocycles. The van der Waals surface area contributed by atoms with Crippen molar-refractivity contribution in [3.8, 4) is 0 Å². The van der Waals surface area contributed by atoms with E-state index < -0.39 is 10.0 Å². The molecule has 29 heavy (non-hydrogen) atoms. The van der Waals surface area contributed by atoms with Gasteiger partial charge < -0.3 is 4.90 Å². The van der Waals surface area contributed by atoms with Crippen LogP contribution in [0.5, 0.6) is 0 Å². The maximum Gasteiger partial charge on any atom is 0.258 e. The van der Waals surface area contributed by atoms with Crippen LogP contribution in [-0.4, -0.2) is 43.2 Å². The largest absolute Gasteiger partial charge is 0.308 e. The van der Waals surface area contributed by atoms with Crippen molar-refractivity contribution in [3.05, 3.63) is 65.9 Å². The second-order valence-electron chi connectivity index (χ2n) is 6.96. The summed E-state index contributed by atoms with van der Waals surface area (Å²) in [7, 11) is -3.52. The molecular formula is C22H23N3O3S. The molecule has 1 aliphatic heterocycles. The highest BCUT2D eigenvalue weighted by Crippen LogP contribution is 2.33. The SMILES string of the molecule is CCN(CC)S(=O)(=O)c1ccc2c(c1)CCN2C(=O)c1cccc2ncccc12. The summed E-state index contributed by atoms with van der Waals surface area (Å²) in [6.07, 6.45) is 2.34. The number of carbonyl (C=O) groups excluding carboxylic acids is 1. The minimum absolute atomic E-state index is 0.0956. The Morgan fingerprint density at radius 1 is 1.10 bits per heavy atom. The normalized spacial score (nSPS) is 13.8. The predicted octanol–water partition coefficient (Wildman–Crippen LogP) is 3.47. The van der Waals surface area contributed by atoms with Crippen molar-refractivity contribution in [2.24, 2.45) is 0 Å². The molecule has 1 aromatic heterocycles. The summed E-state index contributed by atoms with van der Waals surface area (Å²) in [5.74, 6) is -0.0956. The average molecular weight is 410 g/mol. The van der Waals surface area contributed by atoms with E-state index in [2.05, 4.69) is 4.98 Å². The van der Waals surface area contributed by atoms with Gasteiger partial charge >= 0.3 is 0 Å². The third kappa shape index (κ3) is 3.30. The number of amides is 1. The smallest absolute Gasteiger partial charge is 0.258 e. The molecule has 2 aromatic carbocycles. The molecule has 3 aromatic rings. The van der Waals surface area contributed by atoms with Crippen LogP contribution < -0.4 is 4.90 Å². The highest BCUT2D eigenvalue weighted by molar-refractivity contribution is 7.89. The van der Waals surface area contributed by atoms with E-state index in [-0.39, 0.29) is 10.8 Å². The van der Waals surface area contributed by atoms with Gasteiger partial charge in [-0.15, -0.1) is 0 Å². The van der Waals surface area contributed by atoms with Crippen LogP contribution >= 0.6 is 0 Å². The van der Waals surface area contributed by atoms with Crippen molar-refractivity contribution in [1.29, 1.82) is 0 Å². The van der Waals surface area contributed by atoms with Crippen molar-refractivity contribution in [2.75, 3.05) is 24.5 Å². The molecule has 1 aliphatic rings. The standard InChI is InChI=1S/C22H23N3O3S/c1-3-24(4-2)29(27,28)17-10-11-21-16(15-17)12-14-25(21)22(26)19-7-5-9-20-18(19)8-6-13-23-20/h5-11,13,15H,3-4,12,14H2,1-2H3. The van der Waals surface area contributed by atoms with E-state index in [1.165, 1.54) is 4.31 Å². The summed E-state index contributed by atoms with van der Waals surface area (Å²) >= 11 is 0. The van der Waals surface area contributed by atoms with Gasteiger partial charge in [0.15, 0.2) is 0 Å². The van der Waals surface area contributed by atoms with Crippen molar-refractivity contribution >= 4 is 32.5 Å². The van der Waals surface area contributed by atoms with Crippen molar-refractivity contribution in [1.82, 2.24) is 9.29 Å². The zero-order valence-corrected chi connectivity index (χ0v) is 17.3. The minimum Gasteiger partial charge on any atom is -0.308 e. The fourth-order valence-corrected chi connectivity index (χ4v) is 5.41. The summed E-state index contributed by atoms with van der Waals surface area (Å²) < 4.78 is 27.1. The summed E-state index contributed by atoms with van der Waals surface area (Å²) in [6.45, 7) is 5.03. The molecule has 150 valence electrons. The maximum absolute atomic E-state index is 13.3. The molecule has 2 heterocycles. The Morgan fingerprint density at radius 2 is 1.90 bits per heavy atom. The molecule has 0 spiro atoms. The fourth-order valence-electron chi connectivity index (χ4n) is 3.90. The first kappa shape index (κ1) is 19.5. The van der Waals surface area contributed by atoms with E-state index in [4.69, 9.17) is 0 Å². The number of nitrogens with zero attached hydrogens (tertiary/aromatic N) is 3. The minimum atomic E-state index is -3.52. The first-order chi connectivity index (χ1) is 14.0. The second kappa shape index (κ2) is 7.57. The molecule has 0 radical (unpaired) electrons. The second-order valence-corrected chi connectivity index (χ2v) is 8.90. The molecule has 0 bridgehead atoms. The highest BCUT2D eigenvalue weighted by atomic mass is 32.2. The number of fused-ring (bicyclic) bond motifs is 2. The van der Waals surface area contributed by atoms with Crippen molar-refractivity contribution < 1.29 is 13.2 Å². The quantitative estimate of drug-likeness (QED) is 0.647. The van der Waals surface area contributed by atoms with Gasteiger partial charge in [0.2, 0.25) is 10.0 Å². The van der Waals surface area contributed by atoms with Crippen LogP contribution in [0.1, 0.15) is 29.8 Å². The molecule has 0 unspecified atom stereocenters. The summed E-state index contributed by atoms with van der Waals surface area (Å²) in [5.41, 5.74) is 3.03. The van der Waals surface area contributed by atoms with Crippen molar-refractivity contribution in [3.63, 3.8) is 0 Å². The molecule has 0 fully saturated rings. The topological polar surface area (TPSA) is 70.6 Å². The Labute approximate surface area is 170 Å². The lowest BCUT2D eigenvalue weighted by molar-refractivity contribution is 0.0991. The fraction of sp³-hybridized carbons (Fsp3) is 0.273. The van der Waals surface area contributed by atoms with Gasteiger partial charge in [0.25, 0.3) is 5.91 Å². The number of hydrogen-bond donors (Lipinski definition) is 0. The summed E-state index contributed by atoms with van der Waals surface area (Å²) in [5, 5.41) is 0.814. The number of benzene rings is 2. The molecule has 1 amide bonds. The van der Waals surface area contributed by atoms with Gasteiger partial charge in [-0.05, 0) is 48.4 Å². The van der Waals surface area contributed by atoms with E-state index in [0.717, 1.165) is 22.2 Å². The third-order valence-corrected chi connectivity index (χ3v) is 7.46. The van der Waals surface area contributed by atoms with Crippen LogP contribution in [-0.2, 0) is 16.4 Å². The summed E-state index contributed by atoms with van der Waals surface area (Å²) in [6, 6.07) is 14.3. The van der Waals surface area contributed by atoms with Crippen LogP contribution in [0.2, 0.25) is 0 Å². The zero-order valence-electron chi connectivity index (χ0n) is 16.5. The van der Waals surface area contributed by atoms with Crippen LogP contribution in [0.25, 0.3) is 10.9 Å². The van der Waals surface area contributed by atoms with Crippen LogP contribution in [0.4, 0.5) is 5.69 Å². The Balaban J connectivity index is 1.70. The van der Waals surface area contributed by atoms with Gasteiger partial charge in [0, 0.05) is 42.5 Å². The average Bonchev–Trinajstić information content (AvgIpc) is 3.17. The number of rotatable bonds is 5. The molecular weight excluding hydrogens is 386 g/mol. The monoisotopic (exact) mass is 409 g/mol. The number of sulfonamides is 1. The van der Waals surface area contributed by atoms with E-state index in [0.29, 0.717) is 31.6 Å². The Morgan fingerprint density at radius 3 is 2.66 bits per heavy atom. The van der Waals surface area contributed by atoms with Gasteiger partial charge in [-0.3, -0.25) is 9.78 Å². The lowest BCUT2D eigenvalue weighted by Crippen LogP contribution is -2.31. The first-order valence-corrected chi connectivity index (χ1v) is 11.2. The molecule has 0 saturated heterocycles. The first-order valence-electron chi connectivity index (χ1n) is 9.76. The third-order valence-electron chi connectivity index (χ3n) is 5.41. The summed E-state index contributed by atoms with van der Waals surface area (Å²) in [4.78, 5) is 19.6. The lowest BCUT2D eigenvalue weighted by Gasteiger charge is -2.20. The zero-order chi connectivity index (χ0) is 20.6. The maximum atomic E-state index is 13.3. The number of hydrogen-bond acceptors (Lipinski definition) is 4. The van der Waals surface area contributed by atoms with Gasteiger partial charge in [0.05, 0.1) is 10.4 Å². The van der Waals surface area contributed by atoms with E-state index >= 15 is 0 Å². The van der Waals surface area contributed by atoms with Gasteiger partial charge in [-0.1, -0.05) is 26.0 Å². The molecule has 7 heteroatoms. The molecule has 6 nitrogen and oxygen atoms in total. The van der Waals surface area contributed by atoms with Crippen LogP contribution in [0, 0.1) is 0 Å². The number of aromatic nitrogens is 1. The molecule has 0 saturated carbocycles.